The summed E-state index contributed by atoms with van der Waals surface area (Å²) in [4.78, 5) is 39.0. The van der Waals surface area contributed by atoms with E-state index < -0.39 is 24.1 Å². The molecule has 0 radical (unpaired) electrons. The fraction of sp³-hybridized carbons (Fsp3) is 0.464. The molecule has 1 aliphatic carbocycles. The predicted octanol–water partition coefficient (Wildman–Crippen LogP) is 4.65. The number of benzene rings is 2. The Labute approximate surface area is 206 Å². The zero-order valence-electron chi connectivity index (χ0n) is 20.6. The molecule has 0 aromatic heterocycles. The Kier molecular flexibility index (Phi) is 7.43. The molecule has 2 aromatic carbocycles. The Morgan fingerprint density at radius 3 is 2.20 bits per heavy atom. The maximum atomic E-state index is 13.1. The van der Waals surface area contributed by atoms with E-state index in [0.29, 0.717) is 13.0 Å². The van der Waals surface area contributed by atoms with Gasteiger partial charge in [0.25, 0.3) is 0 Å². The number of rotatable bonds is 7. The van der Waals surface area contributed by atoms with Gasteiger partial charge in [0, 0.05) is 24.9 Å². The van der Waals surface area contributed by atoms with Crippen LogP contribution in [0.4, 0.5) is 4.79 Å². The van der Waals surface area contributed by atoms with Crippen LogP contribution in [0, 0.1) is 11.8 Å². The van der Waals surface area contributed by atoms with Gasteiger partial charge in [-0.3, -0.25) is 4.79 Å². The zero-order chi connectivity index (χ0) is 25.1. The van der Waals surface area contributed by atoms with Crippen molar-refractivity contribution in [2.24, 2.45) is 11.8 Å². The van der Waals surface area contributed by atoms with Crippen LogP contribution in [0.15, 0.2) is 48.5 Å². The number of carboxylic acids is 1. The Bertz CT molecular complexity index is 1050. The van der Waals surface area contributed by atoms with Gasteiger partial charge in [0.15, 0.2) is 0 Å². The molecule has 1 fully saturated rings. The third-order valence-corrected chi connectivity index (χ3v) is 7.27. The number of fused-ring (bicyclic) bond motifs is 3. The molecule has 3 atom stereocenters. The molecule has 2 aliphatic rings. The van der Waals surface area contributed by atoms with E-state index in [0.717, 1.165) is 28.7 Å². The van der Waals surface area contributed by atoms with Crippen LogP contribution in [0.2, 0.25) is 0 Å². The summed E-state index contributed by atoms with van der Waals surface area (Å²) in [6.45, 7) is 6.49. The Morgan fingerprint density at radius 2 is 1.63 bits per heavy atom. The highest BCUT2D eigenvalue weighted by molar-refractivity contribution is 5.84. The number of amides is 2. The van der Waals surface area contributed by atoms with Gasteiger partial charge in [-0.1, -0.05) is 69.3 Å². The quantitative estimate of drug-likeness (QED) is 0.604. The second kappa shape index (κ2) is 10.5. The third-order valence-electron chi connectivity index (χ3n) is 7.27. The topological polar surface area (TPSA) is 95.9 Å². The first kappa shape index (κ1) is 24.8. The molecule has 4 rings (SSSR count). The standard InChI is InChI=1S/C28H34N2O5/c1-17(2)24(14-26(31)30-15-18(3)12-13-25(30)27(32)33)29-28(34)35-16-23-21-10-6-4-8-19(21)20-9-5-7-11-22(20)23/h4-11,17-18,23-25H,12-16H2,1-3H3,(H,29,34)(H,32,33). The van der Waals surface area contributed by atoms with Crippen molar-refractivity contribution in [3.05, 3.63) is 59.7 Å². The summed E-state index contributed by atoms with van der Waals surface area (Å²) in [5.41, 5.74) is 4.59. The molecule has 1 aliphatic heterocycles. The van der Waals surface area contributed by atoms with Gasteiger partial charge in [-0.15, -0.1) is 0 Å². The molecule has 2 aromatic rings. The van der Waals surface area contributed by atoms with Crippen molar-refractivity contribution in [1.29, 1.82) is 0 Å². The van der Waals surface area contributed by atoms with Crippen molar-refractivity contribution in [3.8, 4) is 11.1 Å². The number of hydrogen-bond donors (Lipinski definition) is 2. The molecular formula is C28H34N2O5. The maximum Gasteiger partial charge on any atom is 0.407 e. The summed E-state index contributed by atoms with van der Waals surface area (Å²) in [6, 6.07) is 15.0. The normalized spacial score (nSPS) is 20.2. The summed E-state index contributed by atoms with van der Waals surface area (Å²) in [5, 5.41) is 12.4. The molecule has 7 heteroatoms. The van der Waals surface area contributed by atoms with Gasteiger partial charge in [-0.2, -0.15) is 0 Å². The lowest BCUT2D eigenvalue weighted by molar-refractivity contribution is -0.153. The first-order chi connectivity index (χ1) is 16.8. The predicted molar refractivity (Wildman–Crippen MR) is 133 cm³/mol. The highest BCUT2D eigenvalue weighted by atomic mass is 16.5. The summed E-state index contributed by atoms with van der Waals surface area (Å²) < 4.78 is 5.65. The van der Waals surface area contributed by atoms with Gasteiger partial charge < -0.3 is 20.1 Å². The van der Waals surface area contributed by atoms with Gasteiger partial charge in [0.2, 0.25) is 5.91 Å². The third kappa shape index (κ3) is 5.34. The number of carboxylic acid groups (broad SMARTS) is 1. The summed E-state index contributed by atoms with van der Waals surface area (Å²) in [7, 11) is 0. The number of hydrogen-bond acceptors (Lipinski definition) is 4. The van der Waals surface area contributed by atoms with E-state index in [-0.39, 0.29) is 36.7 Å². The second-order valence-corrected chi connectivity index (χ2v) is 10.1. The number of carbonyl (C=O) groups is 3. The number of nitrogens with zero attached hydrogens (tertiary/aromatic N) is 1. The van der Waals surface area contributed by atoms with E-state index in [9.17, 15) is 19.5 Å². The largest absolute Gasteiger partial charge is 0.480 e. The van der Waals surface area contributed by atoms with E-state index in [1.54, 1.807) is 0 Å². The minimum Gasteiger partial charge on any atom is -0.480 e. The molecule has 2 N–H and O–H groups in total. The van der Waals surface area contributed by atoms with Crippen molar-refractivity contribution >= 4 is 18.0 Å². The number of likely N-dealkylation sites (tertiary alicyclic amines) is 1. The average Bonchev–Trinajstić information content (AvgIpc) is 3.15. The highest BCUT2D eigenvalue weighted by Crippen LogP contribution is 2.44. The first-order valence-electron chi connectivity index (χ1n) is 12.4. The van der Waals surface area contributed by atoms with Crippen LogP contribution < -0.4 is 5.32 Å². The van der Waals surface area contributed by atoms with Crippen LogP contribution in [0.25, 0.3) is 11.1 Å². The molecule has 1 heterocycles. The Morgan fingerprint density at radius 1 is 1.03 bits per heavy atom. The van der Waals surface area contributed by atoms with E-state index in [4.69, 9.17) is 4.74 Å². The summed E-state index contributed by atoms with van der Waals surface area (Å²) in [5.74, 6) is -1.04. The van der Waals surface area contributed by atoms with E-state index in [1.807, 2.05) is 45.0 Å². The van der Waals surface area contributed by atoms with E-state index in [1.165, 1.54) is 4.90 Å². The second-order valence-electron chi connectivity index (χ2n) is 10.1. The molecule has 0 spiro atoms. The van der Waals surface area contributed by atoms with Crippen molar-refractivity contribution in [3.63, 3.8) is 0 Å². The lowest BCUT2D eigenvalue weighted by Gasteiger charge is -2.37. The van der Waals surface area contributed by atoms with E-state index >= 15 is 0 Å². The minimum absolute atomic E-state index is 0.0232. The molecule has 186 valence electrons. The summed E-state index contributed by atoms with van der Waals surface area (Å²) >= 11 is 0. The molecule has 2 amide bonds. The SMILES string of the molecule is CC1CCC(C(=O)O)N(C(=O)CC(NC(=O)OCC2c3ccccc3-c3ccccc32)C(C)C)C1. The number of carbonyl (C=O) groups excluding carboxylic acids is 2. The molecule has 0 bridgehead atoms. The highest BCUT2D eigenvalue weighted by Gasteiger charge is 2.36. The molecule has 1 saturated heterocycles. The van der Waals surface area contributed by atoms with Crippen LogP contribution in [0.3, 0.4) is 0 Å². The number of alkyl carbamates (subject to hydrolysis) is 1. The number of piperidine rings is 1. The van der Waals surface area contributed by atoms with Crippen LogP contribution in [0.1, 0.15) is 57.1 Å². The molecule has 3 unspecified atom stereocenters. The van der Waals surface area contributed by atoms with Gasteiger partial charge in [0.05, 0.1) is 0 Å². The lowest BCUT2D eigenvalue weighted by Crippen LogP contribution is -2.52. The van der Waals surface area contributed by atoms with Gasteiger partial charge in [-0.05, 0) is 46.9 Å². The zero-order valence-corrected chi connectivity index (χ0v) is 20.6. The number of aliphatic carboxylic acids is 1. The molecule has 7 nitrogen and oxygen atoms in total. The maximum absolute atomic E-state index is 13.1. The molecule has 0 saturated carbocycles. The van der Waals surface area contributed by atoms with Crippen molar-refractivity contribution in [2.75, 3.05) is 13.2 Å². The van der Waals surface area contributed by atoms with Crippen LogP contribution >= 0.6 is 0 Å². The lowest BCUT2D eigenvalue weighted by atomic mass is 9.92. The monoisotopic (exact) mass is 478 g/mol. The Hall–Kier alpha value is -3.35. The Balaban J connectivity index is 1.39. The van der Waals surface area contributed by atoms with Crippen molar-refractivity contribution in [2.45, 2.75) is 58.0 Å². The average molecular weight is 479 g/mol. The fourth-order valence-corrected chi connectivity index (χ4v) is 5.24. The minimum atomic E-state index is -0.976. The van der Waals surface area contributed by atoms with E-state index in [2.05, 4.69) is 29.6 Å². The van der Waals surface area contributed by atoms with Crippen molar-refractivity contribution in [1.82, 2.24) is 10.2 Å². The van der Waals surface area contributed by atoms with Gasteiger partial charge in [-0.25, -0.2) is 9.59 Å². The van der Waals surface area contributed by atoms with Crippen LogP contribution in [-0.4, -0.2) is 53.2 Å². The molecular weight excluding hydrogens is 444 g/mol. The summed E-state index contributed by atoms with van der Waals surface area (Å²) in [6.07, 6.45) is 0.708. The van der Waals surface area contributed by atoms with Crippen LogP contribution in [-0.2, 0) is 14.3 Å². The van der Waals surface area contributed by atoms with Gasteiger partial charge >= 0.3 is 12.1 Å². The fourth-order valence-electron chi connectivity index (χ4n) is 5.24. The molecule has 35 heavy (non-hydrogen) atoms. The number of nitrogens with one attached hydrogen (secondary N) is 1. The van der Waals surface area contributed by atoms with Crippen molar-refractivity contribution < 1.29 is 24.2 Å². The smallest absolute Gasteiger partial charge is 0.407 e. The van der Waals surface area contributed by atoms with Gasteiger partial charge in [0.1, 0.15) is 12.6 Å². The number of ether oxygens (including phenoxy) is 1. The first-order valence-corrected chi connectivity index (χ1v) is 12.4. The van der Waals surface area contributed by atoms with Crippen LogP contribution in [0.5, 0.6) is 0 Å².